The van der Waals surface area contributed by atoms with Crippen molar-refractivity contribution in [2.75, 3.05) is 6.61 Å². The highest BCUT2D eigenvalue weighted by molar-refractivity contribution is 5.71. The Kier molecular flexibility index (Phi) is 7.80. The maximum Gasteiger partial charge on any atom is 0.332 e. The number of fused-ring (bicyclic) bond motifs is 1. The van der Waals surface area contributed by atoms with E-state index in [2.05, 4.69) is 32.6 Å². The third-order valence-corrected chi connectivity index (χ3v) is 9.33. The largest absolute Gasteiger partial charge is 0.457 e. The molecule has 0 unspecified atom stereocenters. The molecule has 0 aromatic rings. The van der Waals surface area contributed by atoms with Crippen molar-refractivity contribution >= 4 is 5.97 Å². The van der Waals surface area contributed by atoms with Crippen LogP contribution < -0.4 is 0 Å². The van der Waals surface area contributed by atoms with Crippen LogP contribution in [0.25, 0.3) is 0 Å². The number of carbonyl (C=O) groups excluding carboxylic acids is 1. The fourth-order valence-corrected chi connectivity index (χ4v) is 7.07. The summed E-state index contributed by atoms with van der Waals surface area (Å²) in [7, 11) is 0. The minimum Gasteiger partial charge on any atom is -0.457 e. The lowest BCUT2D eigenvalue weighted by molar-refractivity contribution is -0.229. The molecule has 0 amide bonds. The lowest BCUT2D eigenvalue weighted by atomic mass is 9.64. The summed E-state index contributed by atoms with van der Waals surface area (Å²) in [5, 5.41) is 21.8. The van der Waals surface area contributed by atoms with Crippen LogP contribution in [-0.4, -0.2) is 40.3 Å². The average molecular weight is 485 g/mol. The van der Waals surface area contributed by atoms with Crippen molar-refractivity contribution in [3.63, 3.8) is 0 Å². The Morgan fingerprint density at radius 3 is 2.63 bits per heavy atom. The van der Waals surface area contributed by atoms with Crippen LogP contribution in [0.1, 0.15) is 97.8 Å². The van der Waals surface area contributed by atoms with Crippen LogP contribution in [0.2, 0.25) is 0 Å². The summed E-state index contributed by atoms with van der Waals surface area (Å²) in [4.78, 5) is 12.5. The fourth-order valence-electron chi connectivity index (χ4n) is 7.07. The predicted octanol–water partition coefficient (Wildman–Crippen LogP) is 6.07. The lowest BCUT2D eigenvalue weighted by Crippen LogP contribution is -2.44. The summed E-state index contributed by atoms with van der Waals surface area (Å²) < 4.78 is 11.5. The molecule has 3 saturated carbocycles. The molecular formula is C30H44O5. The van der Waals surface area contributed by atoms with Crippen molar-refractivity contribution in [1.29, 1.82) is 0 Å². The van der Waals surface area contributed by atoms with E-state index in [-0.39, 0.29) is 30.5 Å². The van der Waals surface area contributed by atoms with Gasteiger partial charge in [0, 0.05) is 12.8 Å². The molecule has 0 radical (unpaired) electrons. The second kappa shape index (κ2) is 10.4. The summed E-state index contributed by atoms with van der Waals surface area (Å²) in [5.41, 5.74) is 4.28. The molecule has 0 bridgehead atoms. The van der Waals surface area contributed by atoms with Crippen LogP contribution >= 0.6 is 0 Å². The van der Waals surface area contributed by atoms with Crippen LogP contribution in [0.4, 0.5) is 0 Å². The van der Waals surface area contributed by atoms with Gasteiger partial charge in [-0.05, 0) is 86.7 Å². The van der Waals surface area contributed by atoms with Gasteiger partial charge in [0.1, 0.15) is 12.2 Å². The Bertz CT molecular complexity index is 921. The van der Waals surface area contributed by atoms with Crippen LogP contribution in [0.3, 0.4) is 0 Å². The Labute approximate surface area is 211 Å². The van der Waals surface area contributed by atoms with Crippen molar-refractivity contribution in [2.45, 2.75) is 115 Å². The second-order valence-electron chi connectivity index (χ2n) is 11.5. The molecule has 5 heteroatoms. The summed E-state index contributed by atoms with van der Waals surface area (Å²) in [6, 6.07) is 0. The number of ether oxygens (including phenoxy) is 2. The Hall–Kier alpha value is -1.69. The van der Waals surface area contributed by atoms with Gasteiger partial charge in [-0.15, -0.1) is 0 Å². The van der Waals surface area contributed by atoms with Gasteiger partial charge in [0.2, 0.25) is 0 Å². The smallest absolute Gasteiger partial charge is 0.332 e. The van der Waals surface area contributed by atoms with E-state index in [4.69, 9.17) is 9.47 Å². The van der Waals surface area contributed by atoms with Crippen molar-refractivity contribution < 1.29 is 24.5 Å². The molecule has 2 N–H and O–H groups in total. The van der Waals surface area contributed by atoms with Gasteiger partial charge in [-0.2, -0.15) is 0 Å². The van der Waals surface area contributed by atoms with Crippen molar-refractivity contribution in [1.82, 2.24) is 0 Å². The number of esters is 1. The monoisotopic (exact) mass is 484 g/mol. The second-order valence-corrected chi connectivity index (χ2v) is 11.5. The van der Waals surface area contributed by atoms with Crippen LogP contribution in [-0.2, 0) is 14.3 Å². The van der Waals surface area contributed by atoms with E-state index < -0.39 is 17.9 Å². The molecule has 4 aliphatic rings. The number of hydrogen-bond acceptors (Lipinski definition) is 5. The number of aliphatic hydroxyl groups is 2. The third kappa shape index (κ3) is 5.38. The van der Waals surface area contributed by atoms with Gasteiger partial charge >= 0.3 is 5.97 Å². The van der Waals surface area contributed by atoms with Gasteiger partial charge in [-0.1, -0.05) is 56.7 Å². The molecule has 0 aromatic carbocycles. The SMILES string of the molecule is C=C1C(=CC=C2CCC[C@]3(C)C(CC)=CC[C@@H]23)C[C@](O)(OCC(=O)OC2(CC)CCCC2)C[C@@H]1O. The maximum atomic E-state index is 12.5. The van der Waals surface area contributed by atoms with E-state index in [1.54, 1.807) is 5.57 Å². The van der Waals surface area contributed by atoms with E-state index in [1.807, 2.05) is 13.0 Å². The number of rotatable bonds is 7. The average Bonchev–Trinajstić information content (AvgIpc) is 3.43. The normalized spacial score (nSPS) is 36.9. The maximum absolute atomic E-state index is 12.5. The first-order valence-corrected chi connectivity index (χ1v) is 13.7. The summed E-state index contributed by atoms with van der Waals surface area (Å²) >= 11 is 0. The fraction of sp³-hybridized carbons (Fsp3) is 0.700. The highest BCUT2D eigenvalue weighted by atomic mass is 16.6. The molecule has 0 aliphatic heterocycles. The van der Waals surface area contributed by atoms with Crippen molar-refractivity contribution in [3.8, 4) is 0 Å². The number of hydrogen-bond donors (Lipinski definition) is 2. The summed E-state index contributed by atoms with van der Waals surface area (Å²) in [6.45, 7) is 10.5. The molecule has 0 saturated heterocycles. The van der Waals surface area contributed by atoms with Crippen molar-refractivity contribution in [3.05, 3.63) is 47.1 Å². The Morgan fingerprint density at radius 2 is 1.94 bits per heavy atom. The molecule has 3 fully saturated rings. The van der Waals surface area contributed by atoms with Crippen LogP contribution in [0.15, 0.2) is 47.1 Å². The highest BCUT2D eigenvalue weighted by Crippen LogP contribution is 2.55. The zero-order chi connectivity index (χ0) is 25.3. The topological polar surface area (TPSA) is 76.0 Å². The molecule has 4 atom stereocenters. The molecule has 4 rings (SSSR count). The molecule has 0 spiro atoms. The highest BCUT2D eigenvalue weighted by Gasteiger charge is 2.44. The lowest BCUT2D eigenvalue weighted by Gasteiger charge is -2.41. The van der Waals surface area contributed by atoms with Crippen molar-refractivity contribution in [2.24, 2.45) is 11.3 Å². The number of carbonyl (C=O) groups is 1. The quantitative estimate of drug-likeness (QED) is 0.261. The number of allylic oxidation sites excluding steroid dienone is 5. The molecule has 5 nitrogen and oxygen atoms in total. The molecule has 35 heavy (non-hydrogen) atoms. The van der Waals surface area contributed by atoms with Gasteiger partial charge in [0.15, 0.2) is 5.79 Å². The molecule has 0 heterocycles. The first-order valence-electron chi connectivity index (χ1n) is 13.7. The summed E-state index contributed by atoms with van der Waals surface area (Å²) in [5.74, 6) is -1.54. The van der Waals surface area contributed by atoms with Gasteiger partial charge in [0.25, 0.3) is 0 Å². The molecule has 0 aromatic heterocycles. The van der Waals surface area contributed by atoms with E-state index in [1.165, 1.54) is 18.4 Å². The first kappa shape index (κ1) is 26.4. The number of aliphatic hydroxyl groups excluding tert-OH is 1. The van der Waals surface area contributed by atoms with E-state index in [0.29, 0.717) is 11.5 Å². The molecule has 194 valence electrons. The van der Waals surface area contributed by atoms with Gasteiger partial charge in [0.05, 0.1) is 6.10 Å². The van der Waals surface area contributed by atoms with Gasteiger partial charge in [-0.25, -0.2) is 4.79 Å². The zero-order valence-electron chi connectivity index (χ0n) is 21.9. The van der Waals surface area contributed by atoms with E-state index in [0.717, 1.165) is 56.9 Å². The molecular weight excluding hydrogens is 440 g/mol. The van der Waals surface area contributed by atoms with Crippen LogP contribution in [0.5, 0.6) is 0 Å². The van der Waals surface area contributed by atoms with E-state index >= 15 is 0 Å². The van der Waals surface area contributed by atoms with Gasteiger partial charge < -0.3 is 19.7 Å². The first-order chi connectivity index (χ1) is 16.6. The van der Waals surface area contributed by atoms with E-state index in [9.17, 15) is 15.0 Å². The van der Waals surface area contributed by atoms with Crippen LogP contribution in [0, 0.1) is 11.3 Å². The standard InChI is InChI=1S/C30H44O5/c1-5-24-13-14-25-22(10-9-15-28(24,25)4)11-12-23-18-30(33,19-26(31)21(23)3)34-20-27(32)35-29(6-2)16-7-8-17-29/h11-13,25-26,31,33H,3,5-10,14-20H2,1-2,4H3/t25-,26-,28+,30-/m0/s1. The van der Waals surface area contributed by atoms with Gasteiger partial charge in [-0.3, -0.25) is 0 Å². The molecule has 4 aliphatic carbocycles. The minimum absolute atomic E-state index is 0.00355. The Balaban J connectivity index is 1.43. The Morgan fingerprint density at radius 1 is 1.20 bits per heavy atom. The predicted molar refractivity (Wildman–Crippen MR) is 137 cm³/mol. The summed E-state index contributed by atoms with van der Waals surface area (Å²) in [6.07, 6.45) is 16.3. The third-order valence-electron chi connectivity index (χ3n) is 9.33. The minimum atomic E-state index is -1.62. The zero-order valence-corrected chi connectivity index (χ0v) is 21.9.